The van der Waals surface area contributed by atoms with Crippen molar-refractivity contribution in [2.75, 3.05) is 22.9 Å². The highest BCUT2D eigenvalue weighted by atomic mass is 32.2. The Hall–Kier alpha value is -1.36. The van der Waals surface area contributed by atoms with E-state index in [1.54, 1.807) is 18.2 Å². The highest BCUT2D eigenvalue weighted by Gasteiger charge is 2.28. The summed E-state index contributed by atoms with van der Waals surface area (Å²) < 4.78 is 0. The monoisotopic (exact) mass is 266 g/mol. The topological polar surface area (TPSA) is 66.6 Å². The third kappa shape index (κ3) is 2.41. The summed E-state index contributed by atoms with van der Waals surface area (Å²) in [4.78, 5) is 13.4. The average Bonchev–Trinajstić information content (AvgIpc) is 2.32. The molecule has 5 heteroatoms. The lowest BCUT2D eigenvalue weighted by Gasteiger charge is -2.39. The van der Waals surface area contributed by atoms with Gasteiger partial charge in [-0.3, -0.25) is 0 Å². The third-order valence-electron chi connectivity index (χ3n) is 3.45. The largest absolute Gasteiger partial charge is 0.478 e. The van der Waals surface area contributed by atoms with E-state index in [2.05, 4.69) is 18.7 Å². The van der Waals surface area contributed by atoms with Gasteiger partial charge in [-0.05, 0) is 25.1 Å². The van der Waals surface area contributed by atoms with Crippen molar-refractivity contribution < 1.29 is 9.90 Å². The highest BCUT2D eigenvalue weighted by Crippen LogP contribution is 2.32. The first-order valence-corrected chi connectivity index (χ1v) is 7.06. The maximum atomic E-state index is 11.3. The molecule has 0 radical (unpaired) electrons. The standard InChI is InChI=1S/C13H18N2O2S/c1-8-9(2)18-6-5-15(8)12-7-10(14)3-4-11(12)13(16)17/h3-4,7-9H,5-6,14H2,1-2H3,(H,16,17). The molecule has 1 fully saturated rings. The van der Waals surface area contributed by atoms with E-state index in [1.807, 2.05) is 11.8 Å². The summed E-state index contributed by atoms with van der Waals surface area (Å²) in [6, 6.07) is 5.30. The first-order valence-electron chi connectivity index (χ1n) is 6.01. The van der Waals surface area contributed by atoms with Crippen molar-refractivity contribution in [3.05, 3.63) is 23.8 Å². The van der Waals surface area contributed by atoms with Crippen LogP contribution in [0.3, 0.4) is 0 Å². The molecule has 1 aliphatic rings. The van der Waals surface area contributed by atoms with Crippen molar-refractivity contribution in [2.24, 2.45) is 0 Å². The van der Waals surface area contributed by atoms with Crippen LogP contribution in [0.5, 0.6) is 0 Å². The van der Waals surface area contributed by atoms with Gasteiger partial charge in [0.1, 0.15) is 0 Å². The van der Waals surface area contributed by atoms with Gasteiger partial charge in [0.05, 0.1) is 11.3 Å². The zero-order chi connectivity index (χ0) is 13.3. The van der Waals surface area contributed by atoms with E-state index in [0.717, 1.165) is 18.0 Å². The molecule has 0 aliphatic carbocycles. The molecule has 3 N–H and O–H groups in total. The normalized spacial score (nSPS) is 24.0. The van der Waals surface area contributed by atoms with Crippen LogP contribution in [0, 0.1) is 0 Å². The van der Waals surface area contributed by atoms with Crippen molar-refractivity contribution in [3.63, 3.8) is 0 Å². The fraction of sp³-hybridized carbons (Fsp3) is 0.462. The number of nitrogens with two attached hydrogens (primary N) is 1. The Kier molecular flexibility index (Phi) is 3.71. The second-order valence-electron chi connectivity index (χ2n) is 4.59. The lowest BCUT2D eigenvalue weighted by Crippen LogP contribution is -2.45. The van der Waals surface area contributed by atoms with E-state index in [4.69, 9.17) is 5.73 Å². The van der Waals surface area contributed by atoms with Gasteiger partial charge in [0, 0.05) is 29.3 Å². The van der Waals surface area contributed by atoms with Crippen LogP contribution in [0.25, 0.3) is 0 Å². The fourth-order valence-corrected chi connectivity index (χ4v) is 3.34. The number of nitrogens with zero attached hydrogens (tertiary/aromatic N) is 1. The van der Waals surface area contributed by atoms with Crippen LogP contribution in [0.4, 0.5) is 11.4 Å². The number of aromatic carboxylic acids is 1. The second-order valence-corrected chi connectivity index (χ2v) is 6.08. The number of anilines is 2. The minimum Gasteiger partial charge on any atom is -0.478 e. The molecule has 0 spiro atoms. The predicted octanol–water partition coefficient (Wildman–Crippen LogP) is 2.30. The third-order valence-corrected chi connectivity index (χ3v) is 4.78. The Labute approximate surface area is 111 Å². The van der Waals surface area contributed by atoms with Crippen LogP contribution >= 0.6 is 11.8 Å². The van der Waals surface area contributed by atoms with E-state index in [9.17, 15) is 9.90 Å². The molecule has 1 aliphatic heterocycles. The van der Waals surface area contributed by atoms with E-state index in [1.165, 1.54) is 0 Å². The molecule has 1 heterocycles. The van der Waals surface area contributed by atoms with E-state index < -0.39 is 5.97 Å². The van der Waals surface area contributed by atoms with Crippen molar-refractivity contribution in [3.8, 4) is 0 Å². The minimum absolute atomic E-state index is 0.309. The van der Waals surface area contributed by atoms with Crippen LogP contribution < -0.4 is 10.6 Å². The van der Waals surface area contributed by atoms with Crippen molar-refractivity contribution in [1.82, 2.24) is 0 Å². The average molecular weight is 266 g/mol. The summed E-state index contributed by atoms with van der Waals surface area (Å²) in [5.74, 6) is 0.113. The summed E-state index contributed by atoms with van der Waals surface area (Å²) >= 11 is 1.92. The number of hydrogen-bond acceptors (Lipinski definition) is 4. The molecule has 0 amide bonds. The molecule has 0 bridgehead atoms. The summed E-state index contributed by atoms with van der Waals surface area (Å²) in [5.41, 5.74) is 7.46. The number of carboxylic acid groups (broad SMARTS) is 1. The molecular weight excluding hydrogens is 248 g/mol. The van der Waals surface area contributed by atoms with Crippen LogP contribution in [-0.2, 0) is 0 Å². The van der Waals surface area contributed by atoms with Crippen LogP contribution in [0.2, 0.25) is 0 Å². The molecule has 1 aromatic carbocycles. The molecule has 1 saturated heterocycles. The Morgan fingerprint density at radius 1 is 1.50 bits per heavy atom. The minimum atomic E-state index is -0.900. The van der Waals surface area contributed by atoms with Gasteiger partial charge < -0.3 is 15.7 Å². The number of benzene rings is 1. The molecular formula is C13H18N2O2S. The number of carbonyl (C=O) groups is 1. The number of thioether (sulfide) groups is 1. The van der Waals surface area contributed by atoms with Gasteiger partial charge in [-0.1, -0.05) is 6.92 Å². The Bertz CT molecular complexity index is 464. The van der Waals surface area contributed by atoms with Crippen LogP contribution in [0.15, 0.2) is 18.2 Å². The molecule has 2 atom stereocenters. The molecule has 4 nitrogen and oxygen atoms in total. The highest BCUT2D eigenvalue weighted by molar-refractivity contribution is 8.00. The van der Waals surface area contributed by atoms with Gasteiger partial charge in [-0.15, -0.1) is 0 Å². The van der Waals surface area contributed by atoms with Gasteiger partial charge in [0.15, 0.2) is 0 Å². The van der Waals surface area contributed by atoms with Gasteiger partial charge in [0.25, 0.3) is 0 Å². The molecule has 1 aromatic rings. The first-order chi connectivity index (χ1) is 8.50. The second kappa shape index (κ2) is 5.10. The maximum absolute atomic E-state index is 11.3. The van der Waals surface area contributed by atoms with Crippen molar-refractivity contribution in [1.29, 1.82) is 0 Å². The van der Waals surface area contributed by atoms with Gasteiger partial charge >= 0.3 is 5.97 Å². The summed E-state index contributed by atoms with van der Waals surface area (Å²) in [6.07, 6.45) is 0. The SMILES string of the molecule is CC1SCCN(c2cc(N)ccc2C(=O)O)C1C. The van der Waals surface area contributed by atoms with Gasteiger partial charge in [-0.25, -0.2) is 4.79 Å². The molecule has 98 valence electrons. The quantitative estimate of drug-likeness (QED) is 0.804. The summed E-state index contributed by atoms with van der Waals surface area (Å²) in [6.45, 7) is 5.17. The number of rotatable bonds is 2. The summed E-state index contributed by atoms with van der Waals surface area (Å²) in [7, 11) is 0. The first kappa shape index (κ1) is 13.1. The molecule has 2 rings (SSSR count). The molecule has 2 unspecified atom stereocenters. The smallest absolute Gasteiger partial charge is 0.337 e. The van der Waals surface area contributed by atoms with E-state index >= 15 is 0 Å². The molecule has 0 saturated carbocycles. The zero-order valence-electron chi connectivity index (χ0n) is 10.6. The van der Waals surface area contributed by atoms with Crippen molar-refractivity contribution >= 4 is 29.1 Å². The predicted molar refractivity (Wildman–Crippen MR) is 76.5 cm³/mol. The van der Waals surface area contributed by atoms with E-state index in [-0.39, 0.29) is 0 Å². The lowest BCUT2D eigenvalue weighted by molar-refractivity contribution is 0.0697. The zero-order valence-corrected chi connectivity index (χ0v) is 11.4. The number of carboxylic acids is 1. The molecule has 18 heavy (non-hydrogen) atoms. The Balaban J connectivity index is 2.42. The lowest BCUT2D eigenvalue weighted by atomic mass is 10.1. The Morgan fingerprint density at radius 3 is 2.89 bits per heavy atom. The van der Waals surface area contributed by atoms with Gasteiger partial charge in [0.2, 0.25) is 0 Å². The van der Waals surface area contributed by atoms with Gasteiger partial charge in [-0.2, -0.15) is 11.8 Å². The van der Waals surface area contributed by atoms with Crippen LogP contribution in [0.1, 0.15) is 24.2 Å². The molecule has 0 aromatic heterocycles. The van der Waals surface area contributed by atoms with Crippen molar-refractivity contribution in [2.45, 2.75) is 25.1 Å². The number of hydrogen-bond donors (Lipinski definition) is 2. The Morgan fingerprint density at radius 2 is 2.22 bits per heavy atom. The van der Waals surface area contributed by atoms with E-state index in [0.29, 0.717) is 22.5 Å². The summed E-state index contributed by atoms with van der Waals surface area (Å²) in [5, 5.41) is 9.75. The maximum Gasteiger partial charge on any atom is 0.337 e. The van der Waals surface area contributed by atoms with Crippen LogP contribution in [-0.4, -0.2) is 34.7 Å². The number of nitrogen functional groups attached to an aromatic ring is 1. The fourth-order valence-electron chi connectivity index (χ4n) is 2.24.